The monoisotopic (exact) mass is 360 g/mol. The van der Waals surface area contributed by atoms with Gasteiger partial charge in [0.1, 0.15) is 6.10 Å². The molecule has 1 aliphatic carbocycles. The van der Waals surface area contributed by atoms with Gasteiger partial charge in [0.25, 0.3) is 0 Å². The molecule has 1 aromatic rings. The molecule has 2 unspecified atom stereocenters. The number of unbranched alkanes of at least 4 members (excludes halogenated alkanes) is 3. The largest absolute Gasteiger partial charge is 0.462 e. The maximum Gasteiger partial charge on any atom is 0.338 e. The van der Waals surface area contributed by atoms with Crippen LogP contribution in [0.2, 0.25) is 0 Å². The third-order valence-electron chi connectivity index (χ3n) is 5.21. The number of carbonyl (C=O) groups excluding carboxylic acids is 2. The SMILES string of the molecule is CCCCCCOC(=O)c1ccc(C(=O)OC2CCCCC2CC)cc1. The summed E-state index contributed by atoms with van der Waals surface area (Å²) >= 11 is 0. The van der Waals surface area contributed by atoms with Gasteiger partial charge in [-0.2, -0.15) is 0 Å². The lowest BCUT2D eigenvalue weighted by Gasteiger charge is -2.30. The fourth-order valence-corrected chi connectivity index (χ4v) is 3.52. The van der Waals surface area contributed by atoms with Gasteiger partial charge >= 0.3 is 11.9 Å². The van der Waals surface area contributed by atoms with Crippen LogP contribution in [-0.2, 0) is 9.47 Å². The Labute approximate surface area is 157 Å². The maximum atomic E-state index is 12.4. The summed E-state index contributed by atoms with van der Waals surface area (Å²) in [5, 5.41) is 0. The van der Waals surface area contributed by atoms with E-state index in [4.69, 9.17) is 9.47 Å². The molecule has 0 saturated heterocycles. The number of carbonyl (C=O) groups is 2. The van der Waals surface area contributed by atoms with Gasteiger partial charge in [-0.1, -0.05) is 39.5 Å². The Morgan fingerprint density at radius 3 is 2.23 bits per heavy atom. The Kier molecular flexibility index (Phi) is 8.66. The third kappa shape index (κ3) is 6.15. The van der Waals surface area contributed by atoms with E-state index in [0.717, 1.165) is 51.4 Å². The van der Waals surface area contributed by atoms with Crippen LogP contribution in [0.4, 0.5) is 0 Å². The van der Waals surface area contributed by atoms with E-state index in [1.54, 1.807) is 24.3 Å². The van der Waals surface area contributed by atoms with Crippen LogP contribution in [0.1, 0.15) is 92.4 Å². The Balaban J connectivity index is 1.83. The standard InChI is InChI=1S/C22H32O4/c1-3-5-6-9-16-25-21(23)18-12-14-19(15-13-18)22(24)26-20-11-8-7-10-17(20)4-2/h12-15,17,20H,3-11,16H2,1-2H3. The predicted octanol–water partition coefficient (Wildman–Crippen LogP) is 5.55. The third-order valence-corrected chi connectivity index (χ3v) is 5.21. The molecule has 1 aliphatic rings. The lowest BCUT2D eigenvalue weighted by atomic mass is 9.85. The minimum atomic E-state index is -0.334. The van der Waals surface area contributed by atoms with E-state index >= 15 is 0 Å². The minimum Gasteiger partial charge on any atom is -0.462 e. The fraction of sp³-hybridized carbons (Fsp3) is 0.636. The highest BCUT2D eigenvalue weighted by molar-refractivity contribution is 5.93. The van der Waals surface area contributed by atoms with Crippen molar-refractivity contribution in [2.75, 3.05) is 6.61 Å². The molecule has 0 amide bonds. The molecule has 0 spiro atoms. The first-order chi connectivity index (χ1) is 12.7. The number of benzene rings is 1. The van der Waals surface area contributed by atoms with Crippen molar-refractivity contribution >= 4 is 11.9 Å². The quantitative estimate of drug-likeness (QED) is 0.428. The summed E-state index contributed by atoms with van der Waals surface area (Å²) in [7, 11) is 0. The van der Waals surface area contributed by atoms with Gasteiger partial charge in [0.05, 0.1) is 17.7 Å². The summed E-state index contributed by atoms with van der Waals surface area (Å²) in [5.41, 5.74) is 0.964. The number of rotatable bonds is 9. The zero-order valence-corrected chi connectivity index (χ0v) is 16.2. The average Bonchev–Trinajstić information content (AvgIpc) is 2.68. The van der Waals surface area contributed by atoms with Crippen LogP contribution >= 0.6 is 0 Å². The molecule has 0 aromatic heterocycles. The first-order valence-electron chi connectivity index (χ1n) is 10.1. The van der Waals surface area contributed by atoms with Crippen molar-refractivity contribution in [1.29, 1.82) is 0 Å². The van der Waals surface area contributed by atoms with E-state index in [2.05, 4.69) is 13.8 Å². The van der Waals surface area contributed by atoms with Crippen LogP contribution in [0.15, 0.2) is 24.3 Å². The summed E-state index contributed by atoms with van der Waals surface area (Å²) in [5.74, 6) is -0.163. The Morgan fingerprint density at radius 2 is 1.58 bits per heavy atom. The molecule has 2 rings (SSSR count). The van der Waals surface area contributed by atoms with Gasteiger partial charge in [0, 0.05) is 0 Å². The van der Waals surface area contributed by atoms with E-state index < -0.39 is 0 Å². The predicted molar refractivity (Wildman–Crippen MR) is 102 cm³/mol. The molecule has 26 heavy (non-hydrogen) atoms. The van der Waals surface area contributed by atoms with Crippen LogP contribution in [0, 0.1) is 5.92 Å². The summed E-state index contributed by atoms with van der Waals surface area (Å²) in [4.78, 5) is 24.4. The first-order valence-corrected chi connectivity index (χ1v) is 10.1. The molecule has 1 fully saturated rings. The van der Waals surface area contributed by atoms with Crippen molar-refractivity contribution in [2.24, 2.45) is 5.92 Å². The number of ether oxygens (including phenoxy) is 2. The molecule has 1 aromatic carbocycles. The van der Waals surface area contributed by atoms with Gasteiger partial charge in [-0.15, -0.1) is 0 Å². The van der Waals surface area contributed by atoms with E-state index in [1.807, 2.05) is 0 Å². The normalized spacial score (nSPS) is 19.8. The van der Waals surface area contributed by atoms with Gasteiger partial charge < -0.3 is 9.47 Å². The fourth-order valence-electron chi connectivity index (χ4n) is 3.52. The molecular formula is C22H32O4. The smallest absolute Gasteiger partial charge is 0.338 e. The lowest BCUT2D eigenvalue weighted by Crippen LogP contribution is -2.29. The van der Waals surface area contributed by atoms with Gasteiger partial charge in [0.2, 0.25) is 0 Å². The Hall–Kier alpha value is -1.84. The second-order valence-electron chi connectivity index (χ2n) is 7.17. The van der Waals surface area contributed by atoms with Crippen LogP contribution in [0.3, 0.4) is 0 Å². The van der Waals surface area contributed by atoms with Crippen LogP contribution in [0.25, 0.3) is 0 Å². The van der Waals surface area contributed by atoms with Crippen molar-refractivity contribution in [3.8, 4) is 0 Å². The molecular weight excluding hydrogens is 328 g/mol. The van der Waals surface area contributed by atoms with Gasteiger partial charge in [-0.3, -0.25) is 0 Å². The molecule has 0 N–H and O–H groups in total. The van der Waals surface area contributed by atoms with Crippen molar-refractivity contribution in [2.45, 2.75) is 77.7 Å². The molecule has 1 saturated carbocycles. The van der Waals surface area contributed by atoms with Crippen LogP contribution < -0.4 is 0 Å². The molecule has 0 radical (unpaired) electrons. The number of hydrogen-bond donors (Lipinski definition) is 0. The van der Waals surface area contributed by atoms with Crippen LogP contribution in [-0.4, -0.2) is 24.6 Å². The van der Waals surface area contributed by atoms with E-state index in [0.29, 0.717) is 23.7 Å². The summed E-state index contributed by atoms with van der Waals surface area (Å²) in [6, 6.07) is 6.59. The Morgan fingerprint density at radius 1 is 0.923 bits per heavy atom. The molecule has 0 bridgehead atoms. The number of hydrogen-bond acceptors (Lipinski definition) is 4. The maximum absolute atomic E-state index is 12.4. The second kappa shape index (κ2) is 11.0. The summed E-state index contributed by atoms with van der Waals surface area (Å²) in [6.45, 7) is 4.75. The molecule has 0 aliphatic heterocycles. The van der Waals surface area contributed by atoms with Gasteiger partial charge in [-0.05, 0) is 62.3 Å². The summed E-state index contributed by atoms with van der Waals surface area (Å²) < 4.78 is 11.0. The van der Waals surface area contributed by atoms with Crippen molar-refractivity contribution < 1.29 is 19.1 Å². The molecule has 144 valence electrons. The molecule has 0 heterocycles. The van der Waals surface area contributed by atoms with Crippen LogP contribution in [0.5, 0.6) is 0 Å². The van der Waals surface area contributed by atoms with Gasteiger partial charge in [-0.25, -0.2) is 9.59 Å². The zero-order chi connectivity index (χ0) is 18.8. The highest BCUT2D eigenvalue weighted by Crippen LogP contribution is 2.29. The van der Waals surface area contributed by atoms with E-state index in [-0.39, 0.29) is 18.0 Å². The van der Waals surface area contributed by atoms with Crippen molar-refractivity contribution in [3.63, 3.8) is 0 Å². The number of esters is 2. The summed E-state index contributed by atoms with van der Waals surface area (Å²) in [6.07, 6.45) is 9.79. The highest BCUT2D eigenvalue weighted by atomic mass is 16.5. The zero-order valence-electron chi connectivity index (χ0n) is 16.2. The Bertz CT molecular complexity index is 564. The van der Waals surface area contributed by atoms with E-state index in [9.17, 15) is 9.59 Å². The van der Waals surface area contributed by atoms with E-state index in [1.165, 1.54) is 6.42 Å². The second-order valence-corrected chi connectivity index (χ2v) is 7.17. The lowest BCUT2D eigenvalue weighted by molar-refractivity contribution is 0.000676. The first kappa shape index (κ1) is 20.5. The highest BCUT2D eigenvalue weighted by Gasteiger charge is 2.27. The molecule has 2 atom stereocenters. The van der Waals surface area contributed by atoms with Crippen molar-refractivity contribution in [1.82, 2.24) is 0 Å². The minimum absolute atomic E-state index is 0.0222. The van der Waals surface area contributed by atoms with Crippen molar-refractivity contribution in [3.05, 3.63) is 35.4 Å². The average molecular weight is 360 g/mol. The molecule has 4 nitrogen and oxygen atoms in total. The topological polar surface area (TPSA) is 52.6 Å². The molecule has 4 heteroatoms. The van der Waals surface area contributed by atoms with Gasteiger partial charge in [0.15, 0.2) is 0 Å².